The molecule has 1 aromatic carbocycles. The third kappa shape index (κ3) is 4.40. The molecule has 1 aromatic rings. The summed E-state index contributed by atoms with van der Waals surface area (Å²) in [6, 6.07) is 4.88. The number of aliphatic carboxylic acids is 1. The number of hydrogen-bond acceptors (Lipinski definition) is 4. The minimum Gasteiger partial charge on any atom is -0.478 e. The number of hydrogen-bond donors (Lipinski definition) is 2. The van der Waals surface area contributed by atoms with Gasteiger partial charge < -0.3 is 14.9 Å². The van der Waals surface area contributed by atoms with E-state index in [1.54, 1.807) is 18.2 Å². The van der Waals surface area contributed by atoms with E-state index in [0.717, 1.165) is 12.2 Å². The van der Waals surface area contributed by atoms with E-state index in [-0.39, 0.29) is 18.8 Å². The third-order valence-electron chi connectivity index (χ3n) is 2.31. The lowest BCUT2D eigenvalue weighted by Gasteiger charge is -2.11. The highest BCUT2D eigenvalue weighted by molar-refractivity contribution is 5.86. The van der Waals surface area contributed by atoms with Gasteiger partial charge in [-0.15, -0.1) is 0 Å². The first kappa shape index (κ1) is 14.7. The Morgan fingerprint density at radius 1 is 1.37 bits per heavy atom. The monoisotopic (exact) mass is 262 g/mol. The minimum absolute atomic E-state index is 0.142. The number of carbonyl (C=O) groups excluding carboxylic acids is 1. The molecule has 0 atom stereocenters. The van der Waals surface area contributed by atoms with Crippen LogP contribution in [0.3, 0.4) is 0 Å². The van der Waals surface area contributed by atoms with Crippen LogP contribution in [0.5, 0.6) is 5.75 Å². The topological polar surface area (TPSA) is 83.8 Å². The Balaban J connectivity index is 3.16. The molecular weight excluding hydrogens is 248 g/mol. The lowest BCUT2D eigenvalue weighted by Crippen LogP contribution is -2.07. The first-order valence-electron chi connectivity index (χ1n) is 5.56. The van der Waals surface area contributed by atoms with Crippen molar-refractivity contribution in [2.45, 2.75) is 6.42 Å². The second-order valence-corrected chi connectivity index (χ2v) is 3.59. The standard InChI is InChI=1S/C14H14O5/c1-2-14(18)19-12-5-3-4-10(6-7-13(16)17)11(12)8-9-15/h2-7,15H,1,8-9H2,(H,16,17)/b7-6+. The van der Waals surface area contributed by atoms with E-state index in [1.807, 2.05) is 0 Å². The zero-order chi connectivity index (χ0) is 14.3. The number of carbonyl (C=O) groups is 2. The number of aliphatic hydroxyl groups excluding tert-OH is 1. The van der Waals surface area contributed by atoms with E-state index in [0.29, 0.717) is 11.1 Å². The molecule has 1 rings (SSSR count). The molecule has 0 aliphatic rings. The van der Waals surface area contributed by atoms with Gasteiger partial charge in [-0.1, -0.05) is 18.7 Å². The highest BCUT2D eigenvalue weighted by Gasteiger charge is 2.10. The SMILES string of the molecule is C=CC(=O)Oc1cccc(/C=C/C(=O)O)c1CCO. The molecule has 0 saturated carbocycles. The maximum absolute atomic E-state index is 11.2. The van der Waals surface area contributed by atoms with Crippen molar-refractivity contribution in [1.82, 2.24) is 0 Å². The molecule has 0 unspecified atom stereocenters. The Morgan fingerprint density at radius 3 is 2.68 bits per heavy atom. The summed E-state index contributed by atoms with van der Waals surface area (Å²) in [5, 5.41) is 17.6. The van der Waals surface area contributed by atoms with Crippen molar-refractivity contribution in [3.63, 3.8) is 0 Å². The Labute approximate surface area is 110 Å². The molecule has 0 aromatic heterocycles. The lowest BCUT2D eigenvalue weighted by molar-refractivity contribution is -0.131. The highest BCUT2D eigenvalue weighted by atomic mass is 16.5. The number of carboxylic acid groups (broad SMARTS) is 1. The predicted molar refractivity (Wildman–Crippen MR) is 69.7 cm³/mol. The molecule has 5 heteroatoms. The van der Waals surface area contributed by atoms with E-state index in [9.17, 15) is 9.59 Å². The molecule has 0 saturated heterocycles. The first-order chi connectivity index (χ1) is 9.08. The average molecular weight is 262 g/mol. The van der Waals surface area contributed by atoms with Gasteiger partial charge in [0.15, 0.2) is 0 Å². The van der Waals surface area contributed by atoms with Gasteiger partial charge in [0.05, 0.1) is 0 Å². The van der Waals surface area contributed by atoms with Crippen LogP contribution in [0.15, 0.2) is 36.9 Å². The summed E-state index contributed by atoms with van der Waals surface area (Å²) in [5.41, 5.74) is 1.14. The molecule has 0 aliphatic carbocycles. The number of carboxylic acids is 1. The molecule has 100 valence electrons. The van der Waals surface area contributed by atoms with Crippen molar-refractivity contribution in [3.8, 4) is 5.75 Å². The van der Waals surface area contributed by atoms with Crippen LogP contribution in [-0.4, -0.2) is 28.8 Å². The van der Waals surface area contributed by atoms with Crippen molar-refractivity contribution in [2.75, 3.05) is 6.61 Å². The molecule has 0 heterocycles. The van der Waals surface area contributed by atoms with Crippen LogP contribution in [0.2, 0.25) is 0 Å². The summed E-state index contributed by atoms with van der Waals surface area (Å²) < 4.78 is 5.05. The van der Waals surface area contributed by atoms with Gasteiger partial charge in [-0.2, -0.15) is 0 Å². The predicted octanol–water partition coefficient (Wildman–Crippen LogP) is 1.41. The van der Waals surface area contributed by atoms with Gasteiger partial charge in [0.25, 0.3) is 0 Å². The Hall–Kier alpha value is -2.40. The van der Waals surface area contributed by atoms with E-state index in [2.05, 4.69) is 6.58 Å². The van der Waals surface area contributed by atoms with Crippen molar-refractivity contribution < 1.29 is 24.5 Å². The molecular formula is C14H14O5. The molecule has 0 fully saturated rings. The summed E-state index contributed by atoms with van der Waals surface area (Å²) in [4.78, 5) is 21.7. The van der Waals surface area contributed by atoms with Gasteiger partial charge in [-0.3, -0.25) is 0 Å². The molecule has 0 radical (unpaired) electrons. The average Bonchev–Trinajstić information content (AvgIpc) is 2.39. The fraction of sp³-hybridized carbons (Fsp3) is 0.143. The zero-order valence-electron chi connectivity index (χ0n) is 10.2. The molecule has 2 N–H and O–H groups in total. The van der Waals surface area contributed by atoms with E-state index < -0.39 is 11.9 Å². The summed E-state index contributed by atoms with van der Waals surface area (Å²) in [5.74, 6) is -1.41. The van der Waals surface area contributed by atoms with Gasteiger partial charge in [0.1, 0.15) is 5.75 Å². The lowest BCUT2D eigenvalue weighted by atomic mass is 10.0. The summed E-state index contributed by atoms with van der Waals surface area (Å²) >= 11 is 0. The van der Waals surface area contributed by atoms with Crippen molar-refractivity contribution >= 4 is 18.0 Å². The molecule has 0 bridgehead atoms. The largest absolute Gasteiger partial charge is 0.478 e. The fourth-order valence-corrected chi connectivity index (χ4v) is 1.52. The van der Waals surface area contributed by atoms with Gasteiger partial charge >= 0.3 is 11.9 Å². The molecule has 5 nitrogen and oxygen atoms in total. The van der Waals surface area contributed by atoms with Crippen LogP contribution in [0.25, 0.3) is 6.08 Å². The van der Waals surface area contributed by atoms with E-state index in [1.165, 1.54) is 6.08 Å². The normalized spacial score (nSPS) is 10.4. The second kappa shape index (κ2) is 7.13. The van der Waals surface area contributed by atoms with Crippen LogP contribution >= 0.6 is 0 Å². The van der Waals surface area contributed by atoms with Crippen molar-refractivity contribution in [3.05, 3.63) is 48.1 Å². The molecule has 19 heavy (non-hydrogen) atoms. The Bertz CT molecular complexity index is 517. The number of rotatable bonds is 6. The van der Waals surface area contributed by atoms with Crippen LogP contribution in [0, 0.1) is 0 Å². The minimum atomic E-state index is -1.08. The van der Waals surface area contributed by atoms with Crippen LogP contribution < -0.4 is 4.74 Å². The maximum Gasteiger partial charge on any atom is 0.335 e. The zero-order valence-corrected chi connectivity index (χ0v) is 10.2. The number of ether oxygens (including phenoxy) is 1. The van der Waals surface area contributed by atoms with E-state index in [4.69, 9.17) is 14.9 Å². The highest BCUT2D eigenvalue weighted by Crippen LogP contribution is 2.24. The fourth-order valence-electron chi connectivity index (χ4n) is 1.52. The molecule has 0 aliphatic heterocycles. The quantitative estimate of drug-likeness (QED) is 0.460. The second-order valence-electron chi connectivity index (χ2n) is 3.59. The van der Waals surface area contributed by atoms with Gasteiger partial charge in [0, 0.05) is 24.3 Å². The van der Waals surface area contributed by atoms with Crippen molar-refractivity contribution in [2.24, 2.45) is 0 Å². The summed E-state index contributed by atoms with van der Waals surface area (Å²) in [7, 11) is 0. The van der Waals surface area contributed by atoms with Gasteiger partial charge in [-0.25, -0.2) is 9.59 Å². The Morgan fingerprint density at radius 2 is 2.11 bits per heavy atom. The third-order valence-corrected chi connectivity index (χ3v) is 2.31. The smallest absolute Gasteiger partial charge is 0.335 e. The number of esters is 1. The summed E-state index contributed by atoms with van der Waals surface area (Å²) in [6.45, 7) is 3.16. The molecule has 0 amide bonds. The Kier molecular flexibility index (Phi) is 5.50. The van der Waals surface area contributed by atoms with Crippen LogP contribution in [0.4, 0.5) is 0 Å². The summed E-state index contributed by atoms with van der Waals surface area (Å²) in [6.07, 6.45) is 3.65. The first-order valence-corrected chi connectivity index (χ1v) is 5.56. The number of aliphatic hydroxyl groups is 1. The van der Waals surface area contributed by atoms with Crippen LogP contribution in [0.1, 0.15) is 11.1 Å². The van der Waals surface area contributed by atoms with Gasteiger partial charge in [-0.05, 0) is 24.1 Å². The van der Waals surface area contributed by atoms with Crippen molar-refractivity contribution in [1.29, 1.82) is 0 Å². The van der Waals surface area contributed by atoms with E-state index >= 15 is 0 Å². The van der Waals surface area contributed by atoms with Gasteiger partial charge in [0.2, 0.25) is 0 Å². The maximum atomic E-state index is 11.2. The van der Waals surface area contributed by atoms with Crippen LogP contribution in [-0.2, 0) is 16.0 Å². The molecule has 0 spiro atoms. The number of benzene rings is 1.